The molecule has 50 valence electrons. The molecular formula is C6H9NO2. The maximum absolute atomic E-state index is 10.4. The Morgan fingerprint density at radius 2 is 2.67 bits per heavy atom. The van der Waals surface area contributed by atoms with Crippen LogP contribution in [0, 0.1) is 0 Å². The van der Waals surface area contributed by atoms with Crippen LogP contribution >= 0.6 is 0 Å². The lowest BCUT2D eigenvalue weighted by Gasteiger charge is -2.33. The zero-order valence-electron chi connectivity index (χ0n) is 5.08. The molecule has 3 heteroatoms. The van der Waals surface area contributed by atoms with Gasteiger partial charge >= 0.3 is 0 Å². The number of hydrogen-bond donors (Lipinski definition) is 1. The molecule has 1 aliphatic rings. The summed E-state index contributed by atoms with van der Waals surface area (Å²) >= 11 is 0. The number of hydroxylamine groups is 2. The van der Waals surface area contributed by atoms with Crippen LogP contribution in [-0.4, -0.2) is 22.2 Å². The molecule has 0 saturated carbocycles. The molecule has 1 rings (SSSR count). The molecule has 0 aliphatic carbocycles. The monoisotopic (exact) mass is 127 g/mol. The highest BCUT2D eigenvalue weighted by Gasteiger charge is 2.33. The van der Waals surface area contributed by atoms with Gasteiger partial charge in [-0.3, -0.25) is 10.0 Å². The molecule has 0 aromatic carbocycles. The van der Waals surface area contributed by atoms with Gasteiger partial charge in [-0.1, -0.05) is 6.08 Å². The van der Waals surface area contributed by atoms with Crippen molar-refractivity contribution in [3.8, 4) is 0 Å². The molecule has 1 atom stereocenters. The van der Waals surface area contributed by atoms with Crippen molar-refractivity contribution in [2.75, 3.05) is 0 Å². The Kier molecular flexibility index (Phi) is 1.53. The maximum Gasteiger partial charge on any atom is 0.248 e. The average Bonchev–Trinajstić information content (AvgIpc) is 1.88. The molecular weight excluding hydrogens is 118 g/mol. The van der Waals surface area contributed by atoms with E-state index in [-0.39, 0.29) is 11.9 Å². The van der Waals surface area contributed by atoms with E-state index in [2.05, 4.69) is 6.58 Å². The molecule has 9 heavy (non-hydrogen) atoms. The summed E-state index contributed by atoms with van der Waals surface area (Å²) in [7, 11) is 0. The molecule has 1 heterocycles. The van der Waals surface area contributed by atoms with Crippen LogP contribution in [0.2, 0.25) is 0 Å². The first-order valence-electron chi connectivity index (χ1n) is 2.87. The highest BCUT2D eigenvalue weighted by molar-refractivity contribution is 5.81. The average molecular weight is 127 g/mol. The number of amides is 1. The van der Waals surface area contributed by atoms with Crippen LogP contribution in [0.5, 0.6) is 0 Å². The number of carbonyl (C=O) groups is 1. The first kappa shape index (κ1) is 6.29. The second-order valence-electron chi connectivity index (χ2n) is 2.12. The highest BCUT2D eigenvalue weighted by atomic mass is 16.5. The number of nitrogens with zero attached hydrogens (tertiary/aromatic N) is 1. The van der Waals surface area contributed by atoms with E-state index in [0.717, 1.165) is 5.06 Å². The van der Waals surface area contributed by atoms with E-state index in [0.29, 0.717) is 12.8 Å². The fraction of sp³-hybridized carbons (Fsp3) is 0.500. The van der Waals surface area contributed by atoms with Crippen LogP contribution in [0.3, 0.4) is 0 Å². The number of rotatable bonds is 2. The van der Waals surface area contributed by atoms with E-state index in [9.17, 15) is 4.79 Å². The van der Waals surface area contributed by atoms with E-state index in [4.69, 9.17) is 5.21 Å². The summed E-state index contributed by atoms with van der Waals surface area (Å²) in [5.41, 5.74) is 0. The van der Waals surface area contributed by atoms with Crippen molar-refractivity contribution in [1.29, 1.82) is 0 Å². The number of hydrogen-bond acceptors (Lipinski definition) is 2. The summed E-state index contributed by atoms with van der Waals surface area (Å²) in [6, 6.07) is -0.00463. The molecule has 0 radical (unpaired) electrons. The summed E-state index contributed by atoms with van der Waals surface area (Å²) in [5.74, 6) is -0.193. The van der Waals surface area contributed by atoms with Crippen LogP contribution in [0.15, 0.2) is 12.7 Å². The Morgan fingerprint density at radius 3 is 3.00 bits per heavy atom. The minimum Gasteiger partial charge on any atom is -0.286 e. The van der Waals surface area contributed by atoms with Crippen molar-refractivity contribution in [2.24, 2.45) is 0 Å². The zero-order valence-corrected chi connectivity index (χ0v) is 5.08. The van der Waals surface area contributed by atoms with E-state index >= 15 is 0 Å². The lowest BCUT2D eigenvalue weighted by molar-refractivity contribution is -0.201. The molecule has 1 fully saturated rings. The van der Waals surface area contributed by atoms with Crippen LogP contribution in [0.1, 0.15) is 12.8 Å². The van der Waals surface area contributed by atoms with Gasteiger partial charge in [0.1, 0.15) is 0 Å². The predicted octanol–water partition coefficient (Wildman–Crippen LogP) is 0.553. The summed E-state index contributed by atoms with van der Waals surface area (Å²) in [5, 5.41) is 9.51. The summed E-state index contributed by atoms with van der Waals surface area (Å²) < 4.78 is 0. The normalized spacial score (nSPS) is 25.7. The van der Waals surface area contributed by atoms with Crippen molar-refractivity contribution >= 4 is 5.91 Å². The molecule has 0 aromatic heterocycles. The zero-order chi connectivity index (χ0) is 6.85. The van der Waals surface area contributed by atoms with Crippen LogP contribution in [0.4, 0.5) is 0 Å². The van der Waals surface area contributed by atoms with E-state index in [1.54, 1.807) is 6.08 Å². The molecule has 0 bridgehead atoms. The molecule has 1 aliphatic heterocycles. The third-order valence-electron chi connectivity index (χ3n) is 1.45. The lowest BCUT2D eigenvalue weighted by Crippen LogP contribution is -2.49. The fourth-order valence-corrected chi connectivity index (χ4v) is 0.848. The molecule has 1 N–H and O–H groups in total. The van der Waals surface area contributed by atoms with Gasteiger partial charge < -0.3 is 0 Å². The molecule has 3 nitrogen and oxygen atoms in total. The van der Waals surface area contributed by atoms with Gasteiger partial charge in [0.2, 0.25) is 5.91 Å². The third kappa shape index (κ3) is 0.954. The summed E-state index contributed by atoms with van der Waals surface area (Å²) in [6.07, 6.45) is 2.84. The number of carbonyl (C=O) groups excluding carboxylic acids is 1. The lowest BCUT2D eigenvalue weighted by atomic mass is 10.0. The van der Waals surface area contributed by atoms with E-state index in [1.807, 2.05) is 0 Å². The van der Waals surface area contributed by atoms with Crippen LogP contribution in [0.25, 0.3) is 0 Å². The van der Waals surface area contributed by atoms with Gasteiger partial charge in [-0.05, 0) is 6.42 Å². The Bertz CT molecular complexity index is 142. The second kappa shape index (κ2) is 2.19. The minimum atomic E-state index is -0.193. The Balaban J connectivity index is 2.32. The smallest absolute Gasteiger partial charge is 0.248 e. The minimum absolute atomic E-state index is 0.00463. The Labute approximate surface area is 53.5 Å². The van der Waals surface area contributed by atoms with Gasteiger partial charge in [0.15, 0.2) is 0 Å². The van der Waals surface area contributed by atoms with E-state index < -0.39 is 0 Å². The van der Waals surface area contributed by atoms with Crippen molar-refractivity contribution < 1.29 is 10.0 Å². The summed E-state index contributed by atoms with van der Waals surface area (Å²) in [4.78, 5) is 10.4. The molecule has 0 spiro atoms. The first-order chi connectivity index (χ1) is 4.25. The van der Waals surface area contributed by atoms with Gasteiger partial charge in [0.25, 0.3) is 0 Å². The van der Waals surface area contributed by atoms with E-state index in [1.165, 1.54) is 0 Å². The topological polar surface area (TPSA) is 40.5 Å². The predicted molar refractivity (Wildman–Crippen MR) is 31.9 cm³/mol. The van der Waals surface area contributed by atoms with Gasteiger partial charge in [0.05, 0.1) is 12.5 Å². The standard InChI is InChI=1S/C6H9NO2/c1-2-3-5-4-6(8)7(5)9/h2,5,9H,1,3-4H2. The third-order valence-corrected chi connectivity index (χ3v) is 1.45. The largest absolute Gasteiger partial charge is 0.286 e. The molecule has 1 saturated heterocycles. The van der Waals surface area contributed by atoms with Gasteiger partial charge in [-0.15, -0.1) is 6.58 Å². The highest BCUT2D eigenvalue weighted by Crippen LogP contribution is 2.18. The molecule has 1 amide bonds. The van der Waals surface area contributed by atoms with Crippen molar-refractivity contribution in [3.63, 3.8) is 0 Å². The van der Waals surface area contributed by atoms with Gasteiger partial charge in [-0.25, -0.2) is 5.06 Å². The Hall–Kier alpha value is -0.830. The van der Waals surface area contributed by atoms with Crippen molar-refractivity contribution in [1.82, 2.24) is 5.06 Å². The SMILES string of the molecule is C=CCC1CC(=O)N1O. The van der Waals surface area contributed by atoms with Gasteiger partial charge in [-0.2, -0.15) is 0 Å². The summed E-state index contributed by atoms with van der Waals surface area (Å²) in [6.45, 7) is 3.49. The Morgan fingerprint density at radius 1 is 2.00 bits per heavy atom. The van der Waals surface area contributed by atoms with Crippen LogP contribution < -0.4 is 0 Å². The van der Waals surface area contributed by atoms with Gasteiger partial charge in [0, 0.05) is 0 Å². The quantitative estimate of drug-likeness (QED) is 0.334. The second-order valence-corrected chi connectivity index (χ2v) is 2.12. The van der Waals surface area contributed by atoms with Crippen LogP contribution in [-0.2, 0) is 4.79 Å². The van der Waals surface area contributed by atoms with Crippen molar-refractivity contribution in [2.45, 2.75) is 18.9 Å². The molecule has 0 aromatic rings. The first-order valence-corrected chi connectivity index (χ1v) is 2.87. The maximum atomic E-state index is 10.4. The van der Waals surface area contributed by atoms with Crippen molar-refractivity contribution in [3.05, 3.63) is 12.7 Å². The number of β-lactam (4-membered cyclic amide) rings is 1. The fourth-order valence-electron chi connectivity index (χ4n) is 0.848. The molecule has 1 unspecified atom stereocenters.